The first kappa shape index (κ1) is 14.3. The Kier molecular flexibility index (Phi) is 4.47. The Morgan fingerprint density at radius 2 is 2.00 bits per heavy atom. The van der Waals surface area contributed by atoms with E-state index in [0.29, 0.717) is 23.3 Å². The van der Waals surface area contributed by atoms with Gasteiger partial charge in [-0.15, -0.1) is 0 Å². The molecule has 19 heavy (non-hydrogen) atoms. The van der Waals surface area contributed by atoms with Crippen molar-refractivity contribution in [1.82, 2.24) is 10.4 Å². The van der Waals surface area contributed by atoms with Gasteiger partial charge in [0.05, 0.1) is 5.56 Å². The van der Waals surface area contributed by atoms with Crippen molar-refractivity contribution < 1.29 is 4.79 Å². The Morgan fingerprint density at radius 3 is 2.58 bits per heavy atom. The summed E-state index contributed by atoms with van der Waals surface area (Å²) >= 11 is 3.34. The van der Waals surface area contributed by atoms with Gasteiger partial charge in [-0.05, 0) is 44.9 Å². The van der Waals surface area contributed by atoms with Crippen molar-refractivity contribution in [2.75, 3.05) is 5.73 Å². The molecule has 1 heterocycles. The number of nitrogens with one attached hydrogen (secondary N) is 1. The van der Waals surface area contributed by atoms with Crippen molar-refractivity contribution in [1.29, 1.82) is 0 Å². The number of halogens is 1. The molecule has 0 aromatic heterocycles. The minimum atomic E-state index is -0.134. The highest BCUT2D eigenvalue weighted by Gasteiger charge is 2.26. The van der Waals surface area contributed by atoms with Crippen molar-refractivity contribution in [2.24, 2.45) is 0 Å². The molecule has 0 aliphatic carbocycles. The summed E-state index contributed by atoms with van der Waals surface area (Å²) in [6.07, 6.45) is 3.44. The van der Waals surface area contributed by atoms with Gasteiger partial charge in [0.15, 0.2) is 0 Å². The molecule has 5 heteroatoms. The average Bonchev–Trinajstić information content (AvgIpc) is 2.33. The largest absolute Gasteiger partial charge is 0.398 e. The summed E-state index contributed by atoms with van der Waals surface area (Å²) in [5.41, 5.74) is 9.89. The van der Waals surface area contributed by atoms with Crippen LogP contribution in [0.5, 0.6) is 0 Å². The van der Waals surface area contributed by atoms with Crippen LogP contribution in [0.4, 0.5) is 5.69 Å². The lowest BCUT2D eigenvalue weighted by molar-refractivity contribution is 0.0370. The molecular weight excluding hydrogens is 306 g/mol. The van der Waals surface area contributed by atoms with Crippen LogP contribution in [-0.4, -0.2) is 23.0 Å². The minimum absolute atomic E-state index is 0.134. The number of piperidine rings is 1. The second kappa shape index (κ2) is 5.92. The number of hydrazine groups is 1. The number of rotatable bonds is 2. The maximum absolute atomic E-state index is 12.3. The highest BCUT2D eigenvalue weighted by Crippen LogP contribution is 2.22. The zero-order valence-electron chi connectivity index (χ0n) is 11.3. The van der Waals surface area contributed by atoms with Crippen LogP contribution in [0.3, 0.4) is 0 Å². The molecule has 1 aliphatic heterocycles. The summed E-state index contributed by atoms with van der Waals surface area (Å²) in [6.45, 7) is 4.28. The molecular formula is C14H20BrN3O. The van der Waals surface area contributed by atoms with Gasteiger partial charge in [-0.25, -0.2) is 5.01 Å². The molecule has 0 saturated carbocycles. The van der Waals surface area contributed by atoms with Crippen molar-refractivity contribution in [3.8, 4) is 0 Å². The lowest BCUT2D eigenvalue weighted by Gasteiger charge is -2.38. The van der Waals surface area contributed by atoms with E-state index in [2.05, 4.69) is 35.2 Å². The predicted octanol–water partition coefficient (Wildman–Crippen LogP) is 2.94. The Morgan fingerprint density at radius 1 is 1.37 bits per heavy atom. The smallest absolute Gasteiger partial charge is 0.267 e. The molecule has 3 N–H and O–H groups in total. The van der Waals surface area contributed by atoms with Crippen molar-refractivity contribution in [3.05, 3.63) is 28.2 Å². The Bertz CT molecular complexity index is 468. The molecule has 2 atom stereocenters. The van der Waals surface area contributed by atoms with E-state index in [1.165, 1.54) is 6.42 Å². The van der Waals surface area contributed by atoms with Crippen LogP contribution in [0.1, 0.15) is 43.5 Å². The first-order chi connectivity index (χ1) is 8.99. The fourth-order valence-corrected chi connectivity index (χ4v) is 2.94. The van der Waals surface area contributed by atoms with Gasteiger partial charge in [0, 0.05) is 22.2 Å². The average molecular weight is 326 g/mol. The van der Waals surface area contributed by atoms with Gasteiger partial charge in [0.1, 0.15) is 0 Å². The molecule has 104 valence electrons. The highest BCUT2D eigenvalue weighted by molar-refractivity contribution is 9.10. The van der Waals surface area contributed by atoms with Crippen LogP contribution in [0.25, 0.3) is 0 Å². The third kappa shape index (κ3) is 3.28. The van der Waals surface area contributed by atoms with Crippen molar-refractivity contribution in [3.63, 3.8) is 0 Å². The molecule has 0 radical (unpaired) electrons. The fraction of sp³-hybridized carbons (Fsp3) is 0.500. The topological polar surface area (TPSA) is 58.4 Å². The van der Waals surface area contributed by atoms with Gasteiger partial charge < -0.3 is 5.73 Å². The zero-order valence-corrected chi connectivity index (χ0v) is 12.9. The Balaban J connectivity index is 2.11. The molecule has 4 nitrogen and oxygen atoms in total. The predicted molar refractivity (Wildman–Crippen MR) is 80.6 cm³/mol. The van der Waals surface area contributed by atoms with E-state index in [-0.39, 0.29) is 5.91 Å². The molecule has 0 spiro atoms. The molecule has 1 amide bonds. The minimum Gasteiger partial charge on any atom is -0.398 e. The molecule has 1 fully saturated rings. The highest BCUT2D eigenvalue weighted by atomic mass is 79.9. The summed E-state index contributed by atoms with van der Waals surface area (Å²) in [4.78, 5) is 12.3. The molecule has 1 aliphatic rings. The Hall–Kier alpha value is -1.07. The summed E-state index contributed by atoms with van der Waals surface area (Å²) in [5.74, 6) is -0.134. The first-order valence-electron chi connectivity index (χ1n) is 6.63. The van der Waals surface area contributed by atoms with Crippen molar-refractivity contribution >= 4 is 27.5 Å². The summed E-state index contributed by atoms with van der Waals surface area (Å²) < 4.78 is 0.876. The van der Waals surface area contributed by atoms with Crippen LogP contribution in [0, 0.1) is 0 Å². The van der Waals surface area contributed by atoms with E-state index in [0.717, 1.165) is 17.3 Å². The fourth-order valence-electron chi connectivity index (χ4n) is 2.56. The number of nitrogens with two attached hydrogens (primary N) is 1. The summed E-state index contributed by atoms with van der Waals surface area (Å²) in [5, 5.41) is 2.05. The normalized spacial score (nSPS) is 24.2. The summed E-state index contributed by atoms with van der Waals surface area (Å²) in [7, 11) is 0. The van der Waals surface area contributed by atoms with Crippen LogP contribution in [0.2, 0.25) is 0 Å². The van der Waals surface area contributed by atoms with E-state index in [9.17, 15) is 4.79 Å². The van der Waals surface area contributed by atoms with Gasteiger partial charge in [-0.2, -0.15) is 0 Å². The van der Waals surface area contributed by atoms with Crippen molar-refractivity contribution in [2.45, 2.75) is 45.2 Å². The number of amides is 1. The van der Waals surface area contributed by atoms with Gasteiger partial charge in [0.25, 0.3) is 5.91 Å². The van der Waals surface area contributed by atoms with Crippen LogP contribution in [0.15, 0.2) is 22.7 Å². The zero-order chi connectivity index (χ0) is 14.0. The van der Waals surface area contributed by atoms with Crippen LogP contribution < -0.4 is 11.2 Å². The number of carbonyl (C=O) groups is 1. The monoisotopic (exact) mass is 325 g/mol. The van der Waals surface area contributed by atoms with E-state index in [4.69, 9.17) is 5.73 Å². The third-order valence-corrected chi connectivity index (χ3v) is 4.18. The molecule has 1 aromatic rings. The van der Waals surface area contributed by atoms with E-state index < -0.39 is 0 Å². The second-order valence-corrected chi connectivity index (χ2v) is 6.12. The molecule has 2 unspecified atom stereocenters. The summed E-state index contributed by atoms with van der Waals surface area (Å²) in [6, 6.07) is 6.05. The molecule has 1 saturated heterocycles. The maximum atomic E-state index is 12.3. The number of benzene rings is 1. The van der Waals surface area contributed by atoms with Gasteiger partial charge >= 0.3 is 0 Å². The third-order valence-electron chi connectivity index (χ3n) is 3.68. The lowest BCUT2D eigenvalue weighted by atomic mass is 10.00. The number of hydrogen-bond donors (Lipinski definition) is 2. The number of hydrogen-bond acceptors (Lipinski definition) is 3. The van der Waals surface area contributed by atoms with E-state index in [1.54, 1.807) is 12.1 Å². The van der Waals surface area contributed by atoms with E-state index in [1.807, 2.05) is 11.1 Å². The van der Waals surface area contributed by atoms with Gasteiger partial charge in [0.2, 0.25) is 0 Å². The number of anilines is 1. The standard InChI is InChI=1S/C14H20BrN3O/c1-9-4-3-5-10(2)18(9)17-14(19)12-7-6-11(15)8-13(12)16/h6-10H,3-5,16H2,1-2H3,(H,17,19). The quantitative estimate of drug-likeness (QED) is 0.822. The van der Waals surface area contributed by atoms with Crippen LogP contribution in [-0.2, 0) is 0 Å². The first-order valence-corrected chi connectivity index (χ1v) is 7.42. The molecule has 2 rings (SSSR count). The maximum Gasteiger partial charge on any atom is 0.267 e. The number of nitrogen functional groups attached to an aromatic ring is 1. The SMILES string of the molecule is CC1CCCC(C)N1NC(=O)c1ccc(Br)cc1N. The Labute approximate surface area is 122 Å². The van der Waals surface area contributed by atoms with Gasteiger partial charge in [-0.1, -0.05) is 22.4 Å². The second-order valence-electron chi connectivity index (χ2n) is 5.21. The lowest BCUT2D eigenvalue weighted by Crippen LogP contribution is -2.54. The van der Waals surface area contributed by atoms with E-state index >= 15 is 0 Å². The van der Waals surface area contributed by atoms with Gasteiger partial charge in [-0.3, -0.25) is 10.2 Å². The van der Waals surface area contributed by atoms with Crippen LogP contribution >= 0.6 is 15.9 Å². The molecule has 1 aromatic carbocycles. The number of nitrogens with zero attached hydrogens (tertiary/aromatic N) is 1. The molecule has 0 bridgehead atoms. The number of carbonyl (C=O) groups excluding carboxylic acids is 1.